The average Bonchev–Trinajstić information content (AvgIpc) is 2.63. The zero-order chi connectivity index (χ0) is 12.3. The molecule has 0 radical (unpaired) electrons. The van der Waals surface area contributed by atoms with Gasteiger partial charge in [-0.2, -0.15) is 0 Å². The van der Waals surface area contributed by atoms with Gasteiger partial charge in [-0.25, -0.2) is 0 Å². The number of hydrogen-bond donors (Lipinski definition) is 2. The monoisotopic (exact) mass is 316 g/mol. The quantitative estimate of drug-likeness (QED) is 0.875. The van der Waals surface area contributed by atoms with Crippen molar-refractivity contribution in [1.82, 2.24) is 5.32 Å². The van der Waals surface area contributed by atoms with E-state index in [2.05, 4.69) is 32.7 Å². The molecule has 3 N–H and O–H groups in total. The van der Waals surface area contributed by atoms with E-state index in [0.29, 0.717) is 13.1 Å². The van der Waals surface area contributed by atoms with Gasteiger partial charge < -0.3 is 11.1 Å². The molecular weight excluding hydrogens is 300 g/mol. The lowest BCUT2D eigenvalue weighted by Gasteiger charge is -2.39. The number of nitrogens with one attached hydrogen (secondary N) is 1. The Hall–Kier alpha value is -0.390. The largest absolute Gasteiger partial charge is 0.355 e. The highest BCUT2D eigenvalue weighted by molar-refractivity contribution is 9.10. The minimum absolute atomic E-state index is 0.141. The summed E-state index contributed by atoms with van der Waals surface area (Å²) in [5.74, 6) is 0.141. The SMILES string of the molecule is NCC1(C(=O)NCCc2cc(Br)cs2)CCC1. The van der Waals surface area contributed by atoms with E-state index in [1.165, 1.54) is 4.88 Å². The van der Waals surface area contributed by atoms with Crippen LogP contribution in [0.4, 0.5) is 0 Å². The molecule has 1 aliphatic carbocycles. The van der Waals surface area contributed by atoms with Gasteiger partial charge in [0, 0.05) is 27.8 Å². The first kappa shape index (κ1) is 13.1. The van der Waals surface area contributed by atoms with Gasteiger partial charge in [-0.05, 0) is 41.3 Å². The van der Waals surface area contributed by atoms with Crippen molar-refractivity contribution in [2.75, 3.05) is 13.1 Å². The van der Waals surface area contributed by atoms with E-state index in [1.54, 1.807) is 11.3 Å². The number of carbonyl (C=O) groups is 1. The van der Waals surface area contributed by atoms with E-state index in [-0.39, 0.29) is 11.3 Å². The van der Waals surface area contributed by atoms with Crippen molar-refractivity contribution < 1.29 is 4.79 Å². The van der Waals surface area contributed by atoms with Gasteiger partial charge in [0.2, 0.25) is 5.91 Å². The first-order valence-electron chi connectivity index (χ1n) is 5.87. The van der Waals surface area contributed by atoms with Gasteiger partial charge in [-0.15, -0.1) is 11.3 Å². The summed E-state index contributed by atoms with van der Waals surface area (Å²) in [4.78, 5) is 13.3. The molecule has 5 heteroatoms. The number of amides is 1. The first-order valence-corrected chi connectivity index (χ1v) is 7.55. The second-order valence-electron chi connectivity index (χ2n) is 4.58. The molecule has 1 fully saturated rings. The topological polar surface area (TPSA) is 55.1 Å². The summed E-state index contributed by atoms with van der Waals surface area (Å²) in [6, 6.07) is 2.10. The maximum Gasteiger partial charge on any atom is 0.227 e. The second-order valence-corrected chi connectivity index (χ2v) is 6.49. The van der Waals surface area contributed by atoms with Crippen molar-refractivity contribution in [2.24, 2.45) is 11.1 Å². The van der Waals surface area contributed by atoms with Crippen molar-refractivity contribution in [3.8, 4) is 0 Å². The maximum atomic E-state index is 12.0. The van der Waals surface area contributed by atoms with Gasteiger partial charge >= 0.3 is 0 Å². The highest BCUT2D eigenvalue weighted by Crippen LogP contribution is 2.39. The first-order chi connectivity index (χ1) is 8.16. The highest BCUT2D eigenvalue weighted by Gasteiger charge is 2.42. The van der Waals surface area contributed by atoms with Crippen LogP contribution in [0.3, 0.4) is 0 Å². The molecule has 94 valence electrons. The van der Waals surface area contributed by atoms with Gasteiger partial charge in [0.25, 0.3) is 0 Å². The van der Waals surface area contributed by atoms with E-state index >= 15 is 0 Å². The van der Waals surface area contributed by atoms with Crippen molar-refractivity contribution >= 4 is 33.2 Å². The molecule has 1 heterocycles. The van der Waals surface area contributed by atoms with Gasteiger partial charge in [-0.3, -0.25) is 4.79 Å². The molecule has 0 aliphatic heterocycles. The van der Waals surface area contributed by atoms with Crippen molar-refractivity contribution in [3.05, 3.63) is 20.8 Å². The van der Waals surface area contributed by atoms with Crippen LogP contribution in [0.25, 0.3) is 0 Å². The summed E-state index contributed by atoms with van der Waals surface area (Å²) in [7, 11) is 0. The third-order valence-corrected chi connectivity index (χ3v) is 5.22. The average molecular weight is 317 g/mol. The van der Waals surface area contributed by atoms with Crippen LogP contribution in [0.1, 0.15) is 24.1 Å². The van der Waals surface area contributed by atoms with Crippen LogP contribution >= 0.6 is 27.3 Å². The summed E-state index contributed by atoms with van der Waals surface area (Å²) in [5, 5.41) is 5.07. The van der Waals surface area contributed by atoms with E-state index in [9.17, 15) is 4.79 Å². The number of thiophene rings is 1. The van der Waals surface area contributed by atoms with Gasteiger partial charge in [-0.1, -0.05) is 6.42 Å². The molecule has 1 amide bonds. The third-order valence-electron chi connectivity index (χ3n) is 3.46. The van der Waals surface area contributed by atoms with Crippen LogP contribution in [0.5, 0.6) is 0 Å². The molecule has 0 spiro atoms. The molecule has 0 aromatic carbocycles. The van der Waals surface area contributed by atoms with E-state index in [0.717, 1.165) is 30.2 Å². The zero-order valence-corrected chi connectivity index (χ0v) is 12.1. The molecule has 0 atom stereocenters. The number of hydrogen-bond acceptors (Lipinski definition) is 3. The van der Waals surface area contributed by atoms with E-state index < -0.39 is 0 Å². The predicted molar refractivity (Wildman–Crippen MR) is 74.1 cm³/mol. The Bertz CT molecular complexity index is 395. The number of rotatable bonds is 5. The second kappa shape index (κ2) is 5.50. The molecule has 3 nitrogen and oxygen atoms in total. The van der Waals surface area contributed by atoms with Gasteiger partial charge in [0.15, 0.2) is 0 Å². The highest BCUT2D eigenvalue weighted by atomic mass is 79.9. The van der Waals surface area contributed by atoms with Crippen molar-refractivity contribution in [1.29, 1.82) is 0 Å². The normalized spacial score (nSPS) is 17.5. The Balaban J connectivity index is 1.77. The Morgan fingerprint density at radius 1 is 1.59 bits per heavy atom. The number of halogens is 1. The number of carbonyl (C=O) groups excluding carboxylic acids is 1. The van der Waals surface area contributed by atoms with Gasteiger partial charge in [0.05, 0.1) is 5.41 Å². The molecule has 0 saturated heterocycles. The molecule has 0 bridgehead atoms. The Morgan fingerprint density at radius 2 is 2.35 bits per heavy atom. The smallest absolute Gasteiger partial charge is 0.227 e. The summed E-state index contributed by atoms with van der Waals surface area (Å²) in [6.07, 6.45) is 3.91. The van der Waals surface area contributed by atoms with Crippen LogP contribution in [-0.4, -0.2) is 19.0 Å². The van der Waals surface area contributed by atoms with Crippen LogP contribution < -0.4 is 11.1 Å². The summed E-state index contributed by atoms with van der Waals surface area (Å²) < 4.78 is 1.11. The summed E-state index contributed by atoms with van der Waals surface area (Å²) in [5.41, 5.74) is 5.44. The fraction of sp³-hybridized carbons (Fsp3) is 0.583. The fourth-order valence-corrected chi connectivity index (χ4v) is 3.55. The maximum absolute atomic E-state index is 12.0. The molecule has 2 rings (SSSR count). The lowest BCUT2D eigenvalue weighted by Crippen LogP contribution is -2.50. The molecule has 1 aromatic heterocycles. The fourth-order valence-electron chi connectivity index (χ4n) is 2.10. The van der Waals surface area contributed by atoms with Crippen LogP contribution in [0, 0.1) is 5.41 Å². The molecule has 0 unspecified atom stereocenters. The molecule has 1 aliphatic rings. The molecule has 1 saturated carbocycles. The van der Waals surface area contributed by atoms with Crippen molar-refractivity contribution in [3.63, 3.8) is 0 Å². The minimum atomic E-state index is -0.254. The summed E-state index contributed by atoms with van der Waals surface area (Å²) in [6.45, 7) is 1.18. The molecule has 1 aromatic rings. The number of nitrogens with two attached hydrogens (primary N) is 1. The van der Waals surface area contributed by atoms with E-state index in [1.807, 2.05) is 0 Å². The van der Waals surface area contributed by atoms with Crippen LogP contribution in [0.15, 0.2) is 15.9 Å². The summed E-state index contributed by atoms with van der Waals surface area (Å²) >= 11 is 5.13. The van der Waals surface area contributed by atoms with Crippen molar-refractivity contribution in [2.45, 2.75) is 25.7 Å². The van der Waals surface area contributed by atoms with Crippen LogP contribution in [-0.2, 0) is 11.2 Å². The Labute approximate surface area is 114 Å². The standard InChI is InChI=1S/C12H17BrN2OS/c13-9-6-10(17-7-9)2-5-15-11(16)12(8-14)3-1-4-12/h6-7H,1-5,8,14H2,(H,15,16). The zero-order valence-electron chi connectivity index (χ0n) is 9.67. The Morgan fingerprint density at radius 3 is 2.82 bits per heavy atom. The Kier molecular flexibility index (Phi) is 4.22. The van der Waals surface area contributed by atoms with E-state index in [4.69, 9.17) is 5.73 Å². The predicted octanol–water partition coefficient (Wildman–Crippen LogP) is 2.30. The lowest BCUT2D eigenvalue weighted by atomic mass is 9.68. The molecular formula is C12H17BrN2OS. The van der Waals surface area contributed by atoms with Gasteiger partial charge in [0.1, 0.15) is 0 Å². The minimum Gasteiger partial charge on any atom is -0.355 e. The van der Waals surface area contributed by atoms with Crippen LogP contribution in [0.2, 0.25) is 0 Å². The lowest BCUT2D eigenvalue weighted by molar-refractivity contribution is -0.135. The molecule has 17 heavy (non-hydrogen) atoms. The third kappa shape index (κ3) is 2.89.